The molecule has 1 aliphatic rings. The van der Waals surface area contributed by atoms with E-state index in [4.69, 9.17) is 4.42 Å². The molecule has 1 aromatic rings. The van der Waals surface area contributed by atoms with Crippen molar-refractivity contribution >= 4 is 0 Å². The zero-order valence-electron chi connectivity index (χ0n) is 9.86. The average molecular weight is 223 g/mol. The topological polar surface area (TPSA) is 45.4 Å². The number of furan rings is 1. The van der Waals surface area contributed by atoms with Crippen molar-refractivity contribution in [2.24, 2.45) is 0 Å². The van der Waals surface area contributed by atoms with Crippen molar-refractivity contribution in [3.05, 3.63) is 24.2 Å². The number of rotatable bonds is 4. The van der Waals surface area contributed by atoms with Crippen LogP contribution in [0.15, 0.2) is 22.8 Å². The number of hydrogen-bond acceptors (Lipinski definition) is 3. The first kappa shape index (κ1) is 11.7. The molecule has 0 aliphatic heterocycles. The van der Waals surface area contributed by atoms with Gasteiger partial charge in [-0.1, -0.05) is 19.8 Å². The van der Waals surface area contributed by atoms with Gasteiger partial charge in [0.2, 0.25) is 0 Å². The summed E-state index contributed by atoms with van der Waals surface area (Å²) in [5.74, 6) is 0.972. The van der Waals surface area contributed by atoms with Crippen molar-refractivity contribution in [3.8, 4) is 0 Å². The van der Waals surface area contributed by atoms with E-state index >= 15 is 0 Å². The summed E-state index contributed by atoms with van der Waals surface area (Å²) >= 11 is 0. The molecule has 1 saturated carbocycles. The zero-order valence-corrected chi connectivity index (χ0v) is 9.86. The molecule has 1 fully saturated rings. The minimum absolute atomic E-state index is 0.197. The molecule has 1 aromatic heterocycles. The van der Waals surface area contributed by atoms with Crippen LogP contribution in [-0.2, 0) is 0 Å². The van der Waals surface area contributed by atoms with Crippen molar-refractivity contribution in [1.82, 2.24) is 5.32 Å². The van der Waals surface area contributed by atoms with E-state index in [1.807, 2.05) is 12.1 Å². The van der Waals surface area contributed by atoms with Crippen LogP contribution in [0.5, 0.6) is 0 Å². The molecule has 2 N–H and O–H groups in total. The Kier molecular flexibility index (Phi) is 4.02. The van der Waals surface area contributed by atoms with Crippen LogP contribution in [0.4, 0.5) is 0 Å². The first-order valence-electron chi connectivity index (χ1n) is 6.28. The van der Waals surface area contributed by atoms with Crippen LogP contribution in [-0.4, -0.2) is 17.3 Å². The van der Waals surface area contributed by atoms with Gasteiger partial charge in [-0.3, -0.25) is 0 Å². The van der Waals surface area contributed by atoms with Crippen LogP contribution in [0.2, 0.25) is 0 Å². The predicted molar refractivity (Wildman–Crippen MR) is 63.1 cm³/mol. The predicted octanol–water partition coefficient (Wildman–Crippen LogP) is 2.62. The molecule has 3 nitrogen and oxygen atoms in total. The van der Waals surface area contributed by atoms with Gasteiger partial charge in [0.05, 0.1) is 18.4 Å². The number of aliphatic hydroxyl groups excluding tert-OH is 1. The molecule has 3 unspecified atom stereocenters. The molecule has 0 amide bonds. The lowest BCUT2D eigenvalue weighted by Crippen LogP contribution is -2.43. The Morgan fingerprint density at radius 3 is 2.94 bits per heavy atom. The van der Waals surface area contributed by atoms with Gasteiger partial charge in [0.15, 0.2) is 0 Å². The van der Waals surface area contributed by atoms with E-state index in [0.717, 1.165) is 31.4 Å². The Morgan fingerprint density at radius 1 is 1.50 bits per heavy atom. The molecular weight excluding hydrogens is 202 g/mol. The van der Waals surface area contributed by atoms with Crippen molar-refractivity contribution in [2.45, 2.75) is 57.2 Å². The number of hydrogen-bond donors (Lipinski definition) is 2. The van der Waals surface area contributed by atoms with E-state index in [9.17, 15) is 5.11 Å². The molecule has 0 spiro atoms. The number of nitrogens with one attached hydrogen (secondary N) is 1. The highest BCUT2D eigenvalue weighted by molar-refractivity contribution is 5.05. The second-order valence-electron chi connectivity index (χ2n) is 4.60. The normalized spacial score (nSPS) is 27.9. The van der Waals surface area contributed by atoms with E-state index in [-0.39, 0.29) is 18.2 Å². The van der Waals surface area contributed by atoms with E-state index < -0.39 is 0 Å². The zero-order chi connectivity index (χ0) is 11.4. The first-order chi connectivity index (χ1) is 7.81. The highest BCUT2D eigenvalue weighted by Gasteiger charge is 2.25. The summed E-state index contributed by atoms with van der Waals surface area (Å²) < 4.78 is 5.42. The maximum Gasteiger partial charge on any atom is 0.120 e. The maximum atomic E-state index is 9.92. The fourth-order valence-electron chi connectivity index (χ4n) is 2.45. The van der Waals surface area contributed by atoms with Crippen molar-refractivity contribution < 1.29 is 9.52 Å². The number of aliphatic hydroxyl groups is 1. The molecule has 0 bridgehead atoms. The minimum Gasteiger partial charge on any atom is -0.468 e. The van der Waals surface area contributed by atoms with Crippen LogP contribution in [0, 0.1) is 0 Å². The Balaban J connectivity index is 1.95. The van der Waals surface area contributed by atoms with E-state index in [1.54, 1.807) is 6.26 Å². The van der Waals surface area contributed by atoms with Gasteiger partial charge in [-0.05, 0) is 31.4 Å². The molecule has 1 aliphatic carbocycles. The quantitative estimate of drug-likeness (QED) is 0.824. The third-order valence-electron chi connectivity index (χ3n) is 3.44. The SMILES string of the molecule is CCC(NC1CCCCC1O)c1ccco1. The highest BCUT2D eigenvalue weighted by Crippen LogP contribution is 2.23. The van der Waals surface area contributed by atoms with E-state index in [0.29, 0.717) is 0 Å². The first-order valence-corrected chi connectivity index (χ1v) is 6.28. The molecule has 3 atom stereocenters. The van der Waals surface area contributed by atoms with Crippen LogP contribution in [0.1, 0.15) is 50.8 Å². The van der Waals surface area contributed by atoms with E-state index in [2.05, 4.69) is 12.2 Å². The molecule has 0 radical (unpaired) electrons. The molecule has 1 heterocycles. The van der Waals surface area contributed by atoms with Gasteiger partial charge in [-0.15, -0.1) is 0 Å². The van der Waals surface area contributed by atoms with Crippen LogP contribution in [0.3, 0.4) is 0 Å². The van der Waals surface area contributed by atoms with Crippen molar-refractivity contribution in [1.29, 1.82) is 0 Å². The van der Waals surface area contributed by atoms with Crippen molar-refractivity contribution in [3.63, 3.8) is 0 Å². The Morgan fingerprint density at radius 2 is 2.31 bits per heavy atom. The monoisotopic (exact) mass is 223 g/mol. The van der Waals surface area contributed by atoms with Gasteiger partial charge < -0.3 is 14.8 Å². The summed E-state index contributed by atoms with van der Waals surface area (Å²) in [5.41, 5.74) is 0. The second kappa shape index (κ2) is 5.51. The Hall–Kier alpha value is -0.800. The van der Waals surface area contributed by atoms with Crippen LogP contribution in [0.25, 0.3) is 0 Å². The summed E-state index contributed by atoms with van der Waals surface area (Å²) in [7, 11) is 0. The molecule has 2 rings (SSSR count). The maximum absolute atomic E-state index is 9.92. The van der Waals surface area contributed by atoms with E-state index in [1.165, 1.54) is 6.42 Å². The molecule has 90 valence electrons. The lowest BCUT2D eigenvalue weighted by atomic mass is 9.91. The third-order valence-corrected chi connectivity index (χ3v) is 3.44. The van der Waals surface area contributed by atoms with Gasteiger partial charge in [0.1, 0.15) is 5.76 Å². The van der Waals surface area contributed by atoms with Gasteiger partial charge in [-0.25, -0.2) is 0 Å². The standard InChI is InChI=1S/C13H21NO2/c1-2-10(13-8-5-9-16-13)14-11-6-3-4-7-12(11)15/h5,8-12,14-15H,2-4,6-7H2,1H3. The molecule has 0 aromatic carbocycles. The minimum atomic E-state index is -0.197. The van der Waals surface area contributed by atoms with Gasteiger partial charge in [0.25, 0.3) is 0 Å². The van der Waals surface area contributed by atoms with Crippen molar-refractivity contribution in [2.75, 3.05) is 0 Å². The summed E-state index contributed by atoms with van der Waals surface area (Å²) in [6.45, 7) is 2.13. The average Bonchev–Trinajstić information content (AvgIpc) is 2.81. The summed E-state index contributed by atoms with van der Waals surface area (Å²) in [4.78, 5) is 0. The lowest BCUT2D eigenvalue weighted by Gasteiger charge is -2.31. The van der Waals surface area contributed by atoms with Crippen LogP contribution >= 0.6 is 0 Å². The highest BCUT2D eigenvalue weighted by atomic mass is 16.3. The third kappa shape index (κ3) is 2.66. The second-order valence-corrected chi connectivity index (χ2v) is 4.60. The van der Waals surface area contributed by atoms with Gasteiger partial charge in [0, 0.05) is 6.04 Å². The smallest absolute Gasteiger partial charge is 0.120 e. The summed E-state index contributed by atoms with van der Waals surface area (Å²) in [6.07, 6.45) is 6.84. The fraction of sp³-hybridized carbons (Fsp3) is 0.692. The fourth-order valence-corrected chi connectivity index (χ4v) is 2.45. The Labute approximate surface area is 96.8 Å². The Bertz CT molecular complexity index is 297. The summed E-state index contributed by atoms with van der Waals surface area (Å²) in [5, 5.41) is 13.4. The molecule has 16 heavy (non-hydrogen) atoms. The molecule has 3 heteroatoms. The summed E-state index contributed by atoms with van der Waals surface area (Å²) in [6, 6.07) is 4.37. The largest absolute Gasteiger partial charge is 0.468 e. The van der Waals surface area contributed by atoms with Gasteiger partial charge >= 0.3 is 0 Å². The van der Waals surface area contributed by atoms with Gasteiger partial charge in [-0.2, -0.15) is 0 Å². The van der Waals surface area contributed by atoms with Crippen LogP contribution < -0.4 is 5.32 Å². The molecular formula is C13H21NO2. The molecule has 0 saturated heterocycles. The lowest BCUT2D eigenvalue weighted by molar-refractivity contribution is 0.0827.